The first kappa shape index (κ1) is 22.5. The standard InChI is InChI=1S/C26H35N7O2/c1-17(2)15-32-22-11-21(28-13-18(22)14-29-32)24-19(16-33(30-24)23-7-3-6-10-35-23)20-12-26(20)8-4-5-9-31(26)25(27)34/h11,13-14,16-17,20,23H,3-10,12,15H2,1-2H3,(H2,27,34). The Morgan fingerprint density at radius 3 is 2.91 bits per heavy atom. The lowest BCUT2D eigenvalue weighted by Gasteiger charge is -2.36. The monoisotopic (exact) mass is 477 g/mol. The Bertz CT molecular complexity index is 1240. The molecule has 1 saturated carbocycles. The molecule has 9 heteroatoms. The molecule has 0 aromatic carbocycles. The number of carbonyl (C=O) groups excluding carboxylic acids is 1. The number of piperidine rings is 1. The first-order valence-electron chi connectivity index (χ1n) is 13.1. The summed E-state index contributed by atoms with van der Waals surface area (Å²) in [5, 5.41) is 10.7. The highest BCUT2D eigenvalue weighted by atomic mass is 16.5. The molecule has 5 heterocycles. The topological polar surface area (TPSA) is 104 Å². The summed E-state index contributed by atoms with van der Waals surface area (Å²) >= 11 is 0. The van der Waals surface area contributed by atoms with Gasteiger partial charge in [0.1, 0.15) is 11.9 Å². The summed E-state index contributed by atoms with van der Waals surface area (Å²) < 4.78 is 10.1. The zero-order valence-corrected chi connectivity index (χ0v) is 20.7. The third-order valence-electron chi connectivity index (χ3n) is 7.98. The Kier molecular flexibility index (Phi) is 5.55. The number of nitrogens with zero attached hydrogens (tertiary/aromatic N) is 6. The number of aromatic nitrogens is 5. The van der Waals surface area contributed by atoms with Crippen LogP contribution in [0, 0.1) is 5.92 Å². The van der Waals surface area contributed by atoms with E-state index in [1.807, 2.05) is 22.0 Å². The maximum Gasteiger partial charge on any atom is 0.315 e. The molecule has 6 rings (SSSR count). The number of rotatable bonds is 5. The van der Waals surface area contributed by atoms with Crippen molar-refractivity contribution in [2.24, 2.45) is 11.7 Å². The second kappa shape index (κ2) is 8.62. The maximum absolute atomic E-state index is 12.3. The summed E-state index contributed by atoms with van der Waals surface area (Å²) in [6.07, 6.45) is 13.1. The highest BCUT2D eigenvalue weighted by molar-refractivity contribution is 5.82. The Morgan fingerprint density at radius 2 is 2.14 bits per heavy atom. The fraction of sp³-hybridized carbons (Fsp3) is 0.615. The quantitative estimate of drug-likeness (QED) is 0.585. The molecule has 1 aliphatic carbocycles. The van der Waals surface area contributed by atoms with Crippen LogP contribution in [0.5, 0.6) is 0 Å². The predicted octanol–water partition coefficient (Wildman–Crippen LogP) is 4.44. The predicted molar refractivity (Wildman–Crippen MR) is 133 cm³/mol. The van der Waals surface area contributed by atoms with Crippen LogP contribution < -0.4 is 5.73 Å². The number of carbonyl (C=O) groups is 1. The summed E-state index contributed by atoms with van der Waals surface area (Å²) in [5.41, 5.74) is 9.58. The van der Waals surface area contributed by atoms with E-state index < -0.39 is 0 Å². The van der Waals surface area contributed by atoms with E-state index in [9.17, 15) is 4.79 Å². The highest BCUT2D eigenvalue weighted by Gasteiger charge is 2.61. The van der Waals surface area contributed by atoms with Gasteiger partial charge < -0.3 is 15.4 Å². The zero-order chi connectivity index (χ0) is 24.2. The molecule has 2 saturated heterocycles. The fourth-order valence-corrected chi connectivity index (χ4v) is 6.19. The van der Waals surface area contributed by atoms with Gasteiger partial charge in [0, 0.05) is 49.0 Å². The number of hydrogen-bond acceptors (Lipinski definition) is 5. The Hall–Kier alpha value is -2.94. The van der Waals surface area contributed by atoms with Crippen molar-refractivity contribution in [1.82, 2.24) is 29.4 Å². The van der Waals surface area contributed by atoms with Crippen molar-refractivity contribution in [3.8, 4) is 11.4 Å². The van der Waals surface area contributed by atoms with Gasteiger partial charge in [-0.05, 0) is 56.9 Å². The van der Waals surface area contributed by atoms with E-state index >= 15 is 0 Å². The van der Waals surface area contributed by atoms with E-state index in [1.54, 1.807) is 0 Å². The molecular formula is C26H35N7O2. The highest BCUT2D eigenvalue weighted by Crippen LogP contribution is 2.61. The van der Waals surface area contributed by atoms with Gasteiger partial charge >= 0.3 is 6.03 Å². The van der Waals surface area contributed by atoms with Crippen molar-refractivity contribution >= 4 is 16.9 Å². The van der Waals surface area contributed by atoms with Crippen LogP contribution in [0.25, 0.3) is 22.3 Å². The number of hydrogen-bond donors (Lipinski definition) is 1. The fourth-order valence-electron chi connectivity index (χ4n) is 6.19. The minimum atomic E-state index is -0.311. The minimum absolute atomic E-state index is 0.0558. The second-order valence-corrected chi connectivity index (χ2v) is 10.9. The van der Waals surface area contributed by atoms with Gasteiger partial charge in [-0.15, -0.1) is 0 Å². The van der Waals surface area contributed by atoms with Crippen LogP contribution in [0.4, 0.5) is 4.79 Å². The molecule has 186 valence electrons. The average Bonchev–Trinajstić information content (AvgIpc) is 3.19. The normalized spacial score (nSPS) is 26.7. The van der Waals surface area contributed by atoms with Gasteiger partial charge in [0.05, 0.1) is 22.9 Å². The van der Waals surface area contributed by atoms with Crippen molar-refractivity contribution in [2.45, 2.75) is 83.0 Å². The average molecular weight is 478 g/mol. The molecule has 2 N–H and O–H groups in total. The lowest BCUT2D eigenvalue weighted by Crippen LogP contribution is -2.49. The molecule has 3 atom stereocenters. The van der Waals surface area contributed by atoms with Crippen LogP contribution >= 0.6 is 0 Å². The first-order valence-corrected chi connectivity index (χ1v) is 13.1. The molecule has 9 nitrogen and oxygen atoms in total. The number of fused-ring (bicyclic) bond motifs is 1. The molecule has 0 bridgehead atoms. The number of nitrogens with two attached hydrogens (primary N) is 1. The molecule has 3 unspecified atom stereocenters. The summed E-state index contributed by atoms with van der Waals surface area (Å²) in [7, 11) is 0. The third-order valence-corrected chi connectivity index (χ3v) is 7.98. The lowest BCUT2D eigenvalue weighted by molar-refractivity contribution is -0.0394. The number of ether oxygens (including phenoxy) is 1. The SMILES string of the molecule is CC(C)Cn1ncc2cnc(-c3nn(C4CCCCO4)cc3C3CC34CCCCN4C(N)=O)cc21. The lowest BCUT2D eigenvalue weighted by atomic mass is 9.95. The zero-order valence-electron chi connectivity index (χ0n) is 20.7. The van der Waals surface area contributed by atoms with Crippen LogP contribution in [0.1, 0.15) is 76.5 Å². The number of urea groups is 1. The van der Waals surface area contributed by atoms with Crippen LogP contribution in [0.3, 0.4) is 0 Å². The third kappa shape index (κ3) is 3.90. The van der Waals surface area contributed by atoms with E-state index in [-0.39, 0.29) is 23.7 Å². The molecule has 0 radical (unpaired) electrons. The molecule has 2 amide bonds. The number of primary amides is 1. The minimum Gasteiger partial charge on any atom is -0.357 e. The first-order chi connectivity index (χ1) is 17.0. The van der Waals surface area contributed by atoms with Crippen LogP contribution in [0.2, 0.25) is 0 Å². The van der Waals surface area contributed by atoms with Gasteiger partial charge in [-0.1, -0.05) is 13.8 Å². The van der Waals surface area contributed by atoms with Gasteiger partial charge in [0.15, 0.2) is 0 Å². The van der Waals surface area contributed by atoms with Gasteiger partial charge in [-0.3, -0.25) is 9.67 Å². The Morgan fingerprint density at radius 1 is 1.26 bits per heavy atom. The van der Waals surface area contributed by atoms with Crippen LogP contribution in [0.15, 0.2) is 24.7 Å². The largest absolute Gasteiger partial charge is 0.357 e. The van der Waals surface area contributed by atoms with E-state index in [1.165, 1.54) is 0 Å². The summed E-state index contributed by atoms with van der Waals surface area (Å²) in [4.78, 5) is 19.0. The second-order valence-electron chi connectivity index (χ2n) is 10.9. The van der Waals surface area contributed by atoms with E-state index in [0.29, 0.717) is 5.92 Å². The van der Waals surface area contributed by atoms with Crippen molar-refractivity contribution in [1.29, 1.82) is 0 Å². The molecule has 2 aliphatic heterocycles. The van der Waals surface area contributed by atoms with Crippen LogP contribution in [-0.4, -0.2) is 54.2 Å². The molecule has 3 aromatic heterocycles. The van der Waals surface area contributed by atoms with Crippen molar-refractivity contribution in [3.05, 3.63) is 30.2 Å². The van der Waals surface area contributed by atoms with Gasteiger partial charge in [-0.25, -0.2) is 9.48 Å². The van der Waals surface area contributed by atoms with Gasteiger partial charge in [-0.2, -0.15) is 10.2 Å². The smallest absolute Gasteiger partial charge is 0.315 e. The molecule has 1 spiro atoms. The van der Waals surface area contributed by atoms with Crippen molar-refractivity contribution < 1.29 is 9.53 Å². The summed E-state index contributed by atoms with van der Waals surface area (Å²) in [6, 6.07) is 1.80. The maximum atomic E-state index is 12.3. The Balaban J connectivity index is 1.43. The van der Waals surface area contributed by atoms with Crippen LogP contribution in [-0.2, 0) is 11.3 Å². The van der Waals surface area contributed by atoms with Crippen molar-refractivity contribution in [2.75, 3.05) is 13.2 Å². The van der Waals surface area contributed by atoms with Gasteiger partial charge in [0.2, 0.25) is 0 Å². The summed E-state index contributed by atoms with van der Waals surface area (Å²) in [5.74, 6) is 0.700. The van der Waals surface area contributed by atoms with Gasteiger partial charge in [0.25, 0.3) is 0 Å². The number of likely N-dealkylation sites (tertiary alicyclic amines) is 1. The van der Waals surface area contributed by atoms with E-state index in [0.717, 1.165) is 92.5 Å². The molecular weight excluding hydrogens is 442 g/mol. The molecule has 3 aromatic rings. The molecule has 35 heavy (non-hydrogen) atoms. The molecule has 3 fully saturated rings. The van der Waals surface area contributed by atoms with E-state index in [2.05, 4.69) is 35.9 Å². The Labute approximate surface area is 205 Å². The number of amides is 2. The summed E-state index contributed by atoms with van der Waals surface area (Å²) in [6.45, 7) is 6.74. The number of pyridine rings is 1. The van der Waals surface area contributed by atoms with E-state index in [4.69, 9.17) is 20.6 Å². The van der Waals surface area contributed by atoms with Crippen molar-refractivity contribution in [3.63, 3.8) is 0 Å². The molecule has 3 aliphatic rings.